The summed E-state index contributed by atoms with van der Waals surface area (Å²) in [6.07, 6.45) is 5.67. The van der Waals surface area contributed by atoms with E-state index in [2.05, 4.69) is 13.0 Å². The molecule has 1 rings (SSSR count). The summed E-state index contributed by atoms with van der Waals surface area (Å²) in [4.78, 5) is 0. The Kier molecular flexibility index (Phi) is 4.56. The molecular weight excluding hydrogens is 178 g/mol. The van der Waals surface area contributed by atoms with Crippen molar-refractivity contribution in [1.82, 2.24) is 0 Å². The molecule has 3 nitrogen and oxygen atoms in total. The van der Waals surface area contributed by atoms with Crippen molar-refractivity contribution >= 4 is 0 Å². The van der Waals surface area contributed by atoms with Crippen LogP contribution in [0.15, 0.2) is 18.5 Å². The maximum Gasteiger partial charge on any atom is 0.172 e. The van der Waals surface area contributed by atoms with Gasteiger partial charge in [-0.2, -0.15) is 0 Å². The second-order valence-corrected chi connectivity index (χ2v) is 3.34. The maximum absolute atomic E-state index is 8.85. The van der Waals surface area contributed by atoms with Gasteiger partial charge >= 0.3 is 0 Å². The summed E-state index contributed by atoms with van der Waals surface area (Å²) < 4.78 is 1.98. The predicted octanol–water partition coefficient (Wildman–Crippen LogP) is 0.0636. The van der Waals surface area contributed by atoms with E-state index < -0.39 is 0 Å². The lowest BCUT2D eigenvalue weighted by molar-refractivity contribution is -0.698. The Morgan fingerprint density at radius 2 is 1.86 bits per heavy atom. The molecule has 0 radical (unpaired) electrons. The van der Waals surface area contributed by atoms with Gasteiger partial charge in [0.05, 0.1) is 0 Å². The number of hydrogen-bond acceptors (Lipinski definition) is 2. The Hall–Kier alpha value is -0.930. The Labute approximate surface area is 84.6 Å². The second kappa shape index (κ2) is 5.73. The van der Waals surface area contributed by atoms with E-state index in [4.69, 9.17) is 10.2 Å². The van der Waals surface area contributed by atoms with Gasteiger partial charge in [-0.25, -0.2) is 4.57 Å². The highest BCUT2D eigenvalue weighted by atomic mass is 16.3. The standard InChI is InChI=1S/C11H18NO2/c1-2-10-7-11(3-5-13)9-12(8-10)4-6-14/h7-9,13-14H,2-6H2,1H3/q+1. The number of pyridine rings is 1. The van der Waals surface area contributed by atoms with Crippen molar-refractivity contribution in [3.63, 3.8) is 0 Å². The van der Waals surface area contributed by atoms with Crippen LogP contribution in [-0.4, -0.2) is 23.4 Å². The summed E-state index contributed by atoms with van der Waals surface area (Å²) in [6, 6.07) is 2.10. The van der Waals surface area contributed by atoms with E-state index in [1.807, 2.05) is 17.0 Å². The summed E-state index contributed by atoms with van der Waals surface area (Å²) in [5, 5.41) is 17.7. The first-order chi connectivity index (χ1) is 6.80. The van der Waals surface area contributed by atoms with Gasteiger partial charge in [0.2, 0.25) is 0 Å². The highest BCUT2D eigenvalue weighted by molar-refractivity contribution is 5.15. The molecule has 14 heavy (non-hydrogen) atoms. The van der Waals surface area contributed by atoms with Gasteiger partial charge in [-0.15, -0.1) is 0 Å². The van der Waals surface area contributed by atoms with Gasteiger partial charge in [-0.3, -0.25) is 0 Å². The van der Waals surface area contributed by atoms with E-state index in [0.29, 0.717) is 13.0 Å². The van der Waals surface area contributed by atoms with Crippen LogP contribution in [0.2, 0.25) is 0 Å². The topological polar surface area (TPSA) is 44.3 Å². The summed E-state index contributed by atoms with van der Waals surface area (Å²) in [5.74, 6) is 0. The molecule has 1 heterocycles. The number of aromatic nitrogens is 1. The molecule has 0 saturated carbocycles. The number of aryl methyl sites for hydroxylation is 1. The van der Waals surface area contributed by atoms with Gasteiger partial charge in [0.25, 0.3) is 0 Å². The molecule has 0 aliphatic carbocycles. The summed E-state index contributed by atoms with van der Waals surface area (Å²) in [5.41, 5.74) is 2.37. The molecule has 0 aliphatic heterocycles. The molecule has 3 heteroatoms. The fourth-order valence-corrected chi connectivity index (χ4v) is 1.48. The molecule has 2 N–H and O–H groups in total. The Morgan fingerprint density at radius 1 is 1.14 bits per heavy atom. The van der Waals surface area contributed by atoms with Gasteiger partial charge in [-0.1, -0.05) is 6.92 Å². The minimum absolute atomic E-state index is 0.149. The van der Waals surface area contributed by atoms with Crippen molar-refractivity contribution < 1.29 is 14.8 Å². The Balaban J connectivity index is 2.88. The number of hydrogen-bond donors (Lipinski definition) is 2. The number of rotatable bonds is 5. The maximum atomic E-state index is 8.85. The van der Waals surface area contributed by atoms with E-state index in [0.717, 1.165) is 12.0 Å². The molecule has 0 unspecified atom stereocenters. The zero-order chi connectivity index (χ0) is 10.4. The quantitative estimate of drug-likeness (QED) is 0.654. The lowest BCUT2D eigenvalue weighted by atomic mass is 10.1. The zero-order valence-corrected chi connectivity index (χ0v) is 8.61. The van der Waals surface area contributed by atoms with Crippen molar-refractivity contribution in [3.8, 4) is 0 Å². The van der Waals surface area contributed by atoms with Crippen LogP contribution in [0.25, 0.3) is 0 Å². The van der Waals surface area contributed by atoms with E-state index in [1.165, 1.54) is 5.56 Å². The molecule has 0 spiro atoms. The summed E-state index contributed by atoms with van der Waals surface area (Å²) in [7, 11) is 0. The van der Waals surface area contributed by atoms with Crippen LogP contribution in [0.4, 0.5) is 0 Å². The molecule has 0 aliphatic rings. The predicted molar refractivity (Wildman–Crippen MR) is 53.9 cm³/mol. The number of nitrogens with zero attached hydrogens (tertiary/aromatic N) is 1. The first-order valence-corrected chi connectivity index (χ1v) is 5.03. The van der Waals surface area contributed by atoms with Crippen LogP contribution < -0.4 is 4.57 Å². The van der Waals surface area contributed by atoms with Crippen LogP contribution in [0.1, 0.15) is 18.1 Å². The summed E-state index contributed by atoms with van der Waals surface area (Å²) in [6.45, 7) is 3.04. The molecular formula is C11H18NO2+. The monoisotopic (exact) mass is 196 g/mol. The van der Waals surface area contributed by atoms with Crippen molar-refractivity contribution in [1.29, 1.82) is 0 Å². The highest BCUT2D eigenvalue weighted by Crippen LogP contribution is 2.02. The molecule has 1 aromatic heterocycles. The first kappa shape index (κ1) is 11.1. The van der Waals surface area contributed by atoms with Crippen LogP contribution in [0.5, 0.6) is 0 Å². The van der Waals surface area contributed by atoms with Crippen LogP contribution >= 0.6 is 0 Å². The second-order valence-electron chi connectivity index (χ2n) is 3.34. The van der Waals surface area contributed by atoms with Crippen LogP contribution in [0, 0.1) is 0 Å². The van der Waals surface area contributed by atoms with Crippen molar-refractivity contribution in [2.45, 2.75) is 26.3 Å². The molecule has 0 saturated heterocycles. The van der Waals surface area contributed by atoms with E-state index in [9.17, 15) is 0 Å². The third-order valence-corrected chi connectivity index (χ3v) is 2.20. The third kappa shape index (κ3) is 3.09. The van der Waals surface area contributed by atoms with Gasteiger partial charge in [0.1, 0.15) is 6.61 Å². The lowest BCUT2D eigenvalue weighted by Crippen LogP contribution is -2.36. The smallest absolute Gasteiger partial charge is 0.172 e. The minimum atomic E-state index is 0.149. The lowest BCUT2D eigenvalue weighted by Gasteiger charge is -2.02. The molecule has 0 atom stereocenters. The average Bonchev–Trinajstić information content (AvgIpc) is 2.18. The Bertz CT molecular complexity index is 262. The van der Waals surface area contributed by atoms with E-state index >= 15 is 0 Å². The largest absolute Gasteiger partial charge is 0.396 e. The fraction of sp³-hybridized carbons (Fsp3) is 0.545. The van der Waals surface area contributed by atoms with Crippen molar-refractivity contribution in [2.24, 2.45) is 0 Å². The first-order valence-electron chi connectivity index (χ1n) is 5.03. The van der Waals surface area contributed by atoms with Gasteiger partial charge in [0, 0.05) is 24.2 Å². The van der Waals surface area contributed by atoms with Crippen molar-refractivity contribution in [2.75, 3.05) is 13.2 Å². The number of aliphatic hydroxyl groups is 2. The SMILES string of the molecule is CCc1cc(CCO)c[n+](CCO)c1. The average molecular weight is 196 g/mol. The highest BCUT2D eigenvalue weighted by Gasteiger charge is 2.05. The normalized spacial score (nSPS) is 10.5. The van der Waals surface area contributed by atoms with E-state index in [1.54, 1.807) is 0 Å². The number of aliphatic hydroxyl groups excluding tert-OH is 2. The van der Waals surface area contributed by atoms with E-state index in [-0.39, 0.29) is 13.2 Å². The third-order valence-electron chi connectivity index (χ3n) is 2.20. The molecule has 0 bridgehead atoms. The molecule has 0 amide bonds. The molecule has 0 fully saturated rings. The van der Waals surface area contributed by atoms with Gasteiger partial charge in [-0.05, 0) is 12.5 Å². The fourth-order valence-electron chi connectivity index (χ4n) is 1.48. The Morgan fingerprint density at radius 3 is 2.43 bits per heavy atom. The van der Waals surface area contributed by atoms with Gasteiger partial charge in [0.15, 0.2) is 18.9 Å². The van der Waals surface area contributed by atoms with Gasteiger partial charge < -0.3 is 10.2 Å². The molecule has 78 valence electrons. The minimum Gasteiger partial charge on any atom is -0.396 e. The van der Waals surface area contributed by atoms with Crippen LogP contribution in [-0.2, 0) is 19.4 Å². The molecule has 0 aromatic carbocycles. The van der Waals surface area contributed by atoms with Crippen LogP contribution in [0.3, 0.4) is 0 Å². The zero-order valence-electron chi connectivity index (χ0n) is 8.61. The molecule has 1 aromatic rings. The summed E-state index contributed by atoms with van der Waals surface area (Å²) >= 11 is 0. The van der Waals surface area contributed by atoms with Crippen molar-refractivity contribution in [3.05, 3.63) is 29.6 Å².